The van der Waals surface area contributed by atoms with E-state index in [0.29, 0.717) is 5.92 Å². The van der Waals surface area contributed by atoms with Crippen LogP contribution in [0.2, 0.25) is 0 Å². The number of halogens is 1. The molecular weight excluding hydrogens is 266 g/mol. The lowest BCUT2D eigenvalue weighted by Gasteiger charge is -2.09. The second-order valence-corrected chi connectivity index (χ2v) is 4.86. The molecule has 1 aromatic heterocycles. The molecule has 0 N–H and O–H groups in total. The summed E-state index contributed by atoms with van der Waals surface area (Å²) in [5, 5.41) is 8.27. The Morgan fingerprint density at radius 1 is 1.19 bits per heavy atom. The SMILES string of the molecule is CC(C)Cc1nnc(Br)n1-c1ccccc1. The first-order valence-corrected chi connectivity index (χ1v) is 6.13. The van der Waals surface area contributed by atoms with Gasteiger partial charge < -0.3 is 0 Å². The summed E-state index contributed by atoms with van der Waals surface area (Å²) in [6, 6.07) is 10.1. The van der Waals surface area contributed by atoms with Crippen molar-refractivity contribution >= 4 is 15.9 Å². The summed E-state index contributed by atoms with van der Waals surface area (Å²) in [5.41, 5.74) is 1.09. The number of aromatic nitrogens is 3. The highest BCUT2D eigenvalue weighted by Crippen LogP contribution is 2.18. The first-order valence-electron chi connectivity index (χ1n) is 5.33. The number of benzene rings is 1. The third kappa shape index (κ3) is 2.32. The number of rotatable bonds is 3. The predicted octanol–water partition coefficient (Wildman–Crippen LogP) is 3.23. The molecule has 0 amide bonds. The van der Waals surface area contributed by atoms with E-state index in [2.05, 4.69) is 52.1 Å². The topological polar surface area (TPSA) is 30.7 Å². The van der Waals surface area contributed by atoms with Crippen molar-refractivity contribution in [2.75, 3.05) is 0 Å². The Labute approximate surface area is 104 Å². The van der Waals surface area contributed by atoms with Gasteiger partial charge in [0.15, 0.2) is 0 Å². The molecule has 0 aliphatic carbocycles. The largest absolute Gasteiger partial charge is 0.274 e. The third-order valence-corrected chi connectivity index (χ3v) is 2.81. The highest BCUT2D eigenvalue weighted by Gasteiger charge is 2.12. The average molecular weight is 280 g/mol. The molecule has 0 fully saturated rings. The Morgan fingerprint density at radius 3 is 2.50 bits per heavy atom. The fourth-order valence-electron chi connectivity index (χ4n) is 1.62. The summed E-state index contributed by atoms with van der Waals surface area (Å²) < 4.78 is 2.80. The molecule has 0 saturated heterocycles. The van der Waals surface area contributed by atoms with Crippen LogP contribution < -0.4 is 0 Å². The Bertz CT molecular complexity index is 462. The molecule has 0 bridgehead atoms. The molecule has 0 atom stereocenters. The van der Waals surface area contributed by atoms with Crippen LogP contribution in [0.1, 0.15) is 19.7 Å². The lowest BCUT2D eigenvalue weighted by atomic mass is 10.1. The zero-order valence-electron chi connectivity index (χ0n) is 9.39. The van der Waals surface area contributed by atoms with Gasteiger partial charge in [0.2, 0.25) is 4.73 Å². The molecule has 16 heavy (non-hydrogen) atoms. The lowest BCUT2D eigenvalue weighted by molar-refractivity contribution is 0.611. The minimum atomic E-state index is 0.568. The maximum Gasteiger partial charge on any atom is 0.204 e. The van der Waals surface area contributed by atoms with Gasteiger partial charge in [0.1, 0.15) is 5.82 Å². The molecule has 0 spiro atoms. The Kier molecular flexibility index (Phi) is 3.39. The van der Waals surface area contributed by atoms with Crippen LogP contribution in [0.5, 0.6) is 0 Å². The van der Waals surface area contributed by atoms with E-state index in [0.717, 1.165) is 22.7 Å². The highest BCUT2D eigenvalue weighted by atomic mass is 79.9. The summed E-state index contributed by atoms with van der Waals surface area (Å²) in [6.45, 7) is 4.36. The molecule has 0 unspecified atom stereocenters. The van der Waals surface area contributed by atoms with E-state index in [1.54, 1.807) is 0 Å². The molecule has 2 aromatic rings. The molecule has 0 aliphatic rings. The van der Waals surface area contributed by atoms with Crippen molar-refractivity contribution in [2.24, 2.45) is 5.92 Å². The zero-order chi connectivity index (χ0) is 11.5. The molecule has 1 heterocycles. The van der Waals surface area contributed by atoms with Crippen molar-refractivity contribution in [2.45, 2.75) is 20.3 Å². The van der Waals surface area contributed by atoms with Crippen molar-refractivity contribution in [3.8, 4) is 5.69 Å². The molecular formula is C12H14BrN3. The van der Waals surface area contributed by atoms with Crippen LogP contribution in [0.4, 0.5) is 0 Å². The predicted molar refractivity (Wildman–Crippen MR) is 67.6 cm³/mol. The third-order valence-electron chi connectivity index (χ3n) is 2.30. The normalized spacial score (nSPS) is 11.0. The number of hydrogen-bond donors (Lipinski definition) is 0. The Morgan fingerprint density at radius 2 is 1.88 bits per heavy atom. The van der Waals surface area contributed by atoms with Crippen LogP contribution >= 0.6 is 15.9 Å². The van der Waals surface area contributed by atoms with Crippen molar-refractivity contribution in [3.05, 3.63) is 40.9 Å². The van der Waals surface area contributed by atoms with Crippen LogP contribution in [-0.2, 0) is 6.42 Å². The molecule has 0 aliphatic heterocycles. The second-order valence-electron chi connectivity index (χ2n) is 4.15. The van der Waals surface area contributed by atoms with Gasteiger partial charge in [-0.2, -0.15) is 0 Å². The van der Waals surface area contributed by atoms with E-state index in [1.807, 2.05) is 22.8 Å². The van der Waals surface area contributed by atoms with E-state index in [4.69, 9.17) is 0 Å². The molecule has 84 valence electrons. The smallest absolute Gasteiger partial charge is 0.204 e. The zero-order valence-corrected chi connectivity index (χ0v) is 11.0. The average Bonchev–Trinajstić information content (AvgIpc) is 2.60. The van der Waals surface area contributed by atoms with Crippen molar-refractivity contribution in [1.82, 2.24) is 14.8 Å². The van der Waals surface area contributed by atoms with Gasteiger partial charge in [-0.25, -0.2) is 0 Å². The molecule has 2 rings (SSSR count). The van der Waals surface area contributed by atoms with E-state index in [9.17, 15) is 0 Å². The van der Waals surface area contributed by atoms with Gasteiger partial charge in [-0.05, 0) is 34.0 Å². The fourth-order valence-corrected chi connectivity index (χ4v) is 2.11. The Hall–Kier alpha value is -1.16. The van der Waals surface area contributed by atoms with Crippen LogP contribution in [0, 0.1) is 5.92 Å². The first-order chi connectivity index (χ1) is 7.68. The molecule has 1 aromatic carbocycles. The number of hydrogen-bond acceptors (Lipinski definition) is 2. The maximum absolute atomic E-state index is 4.20. The maximum atomic E-state index is 4.20. The van der Waals surface area contributed by atoms with Crippen LogP contribution in [0.25, 0.3) is 5.69 Å². The van der Waals surface area contributed by atoms with Crippen LogP contribution in [0.3, 0.4) is 0 Å². The summed E-state index contributed by atoms with van der Waals surface area (Å²) in [4.78, 5) is 0. The first kappa shape index (κ1) is 11.3. The van der Waals surface area contributed by atoms with Crippen LogP contribution in [-0.4, -0.2) is 14.8 Å². The minimum absolute atomic E-state index is 0.568. The summed E-state index contributed by atoms with van der Waals surface area (Å²) in [6.07, 6.45) is 0.924. The van der Waals surface area contributed by atoms with Gasteiger partial charge in [0, 0.05) is 12.1 Å². The standard InChI is InChI=1S/C12H14BrN3/c1-9(2)8-11-14-15-12(13)16(11)10-6-4-3-5-7-10/h3-7,9H,8H2,1-2H3. The molecule has 0 saturated carbocycles. The second kappa shape index (κ2) is 4.78. The van der Waals surface area contributed by atoms with E-state index in [1.165, 1.54) is 0 Å². The molecule has 3 nitrogen and oxygen atoms in total. The van der Waals surface area contributed by atoms with Crippen molar-refractivity contribution < 1.29 is 0 Å². The highest BCUT2D eigenvalue weighted by molar-refractivity contribution is 9.10. The van der Waals surface area contributed by atoms with Crippen LogP contribution in [0.15, 0.2) is 35.1 Å². The lowest BCUT2D eigenvalue weighted by Crippen LogP contribution is -2.05. The van der Waals surface area contributed by atoms with Gasteiger partial charge in [-0.15, -0.1) is 10.2 Å². The fraction of sp³-hybridized carbons (Fsp3) is 0.333. The summed E-state index contributed by atoms with van der Waals surface area (Å²) in [5.74, 6) is 1.56. The quantitative estimate of drug-likeness (QED) is 0.864. The number of nitrogens with zero attached hydrogens (tertiary/aromatic N) is 3. The van der Waals surface area contributed by atoms with E-state index >= 15 is 0 Å². The monoisotopic (exact) mass is 279 g/mol. The van der Waals surface area contributed by atoms with Gasteiger partial charge >= 0.3 is 0 Å². The number of para-hydroxylation sites is 1. The van der Waals surface area contributed by atoms with Gasteiger partial charge in [0.05, 0.1) is 0 Å². The summed E-state index contributed by atoms with van der Waals surface area (Å²) in [7, 11) is 0. The van der Waals surface area contributed by atoms with Crippen molar-refractivity contribution in [3.63, 3.8) is 0 Å². The van der Waals surface area contributed by atoms with Gasteiger partial charge in [-0.3, -0.25) is 4.57 Å². The minimum Gasteiger partial charge on any atom is -0.274 e. The Balaban J connectivity index is 2.43. The van der Waals surface area contributed by atoms with E-state index in [-0.39, 0.29) is 0 Å². The van der Waals surface area contributed by atoms with Gasteiger partial charge in [-0.1, -0.05) is 32.0 Å². The molecule has 4 heteroatoms. The van der Waals surface area contributed by atoms with E-state index < -0.39 is 0 Å². The molecule has 0 radical (unpaired) electrons. The summed E-state index contributed by atoms with van der Waals surface area (Å²) >= 11 is 3.43. The van der Waals surface area contributed by atoms with Gasteiger partial charge in [0.25, 0.3) is 0 Å². The van der Waals surface area contributed by atoms with Crippen molar-refractivity contribution in [1.29, 1.82) is 0 Å².